The van der Waals surface area contributed by atoms with Gasteiger partial charge in [-0.2, -0.15) is 0 Å². The van der Waals surface area contributed by atoms with Crippen molar-refractivity contribution in [1.29, 1.82) is 0 Å². The van der Waals surface area contributed by atoms with Crippen molar-refractivity contribution in [1.82, 2.24) is 5.32 Å². The van der Waals surface area contributed by atoms with Crippen molar-refractivity contribution in [3.63, 3.8) is 0 Å². The molecule has 4 heteroatoms. The average molecular weight is 306 g/mol. The molecule has 1 amide bonds. The van der Waals surface area contributed by atoms with Gasteiger partial charge in [0.15, 0.2) is 0 Å². The van der Waals surface area contributed by atoms with E-state index in [4.69, 9.17) is 18.0 Å². The summed E-state index contributed by atoms with van der Waals surface area (Å²) in [4.78, 5) is 12.1. The van der Waals surface area contributed by atoms with E-state index in [1.165, 1.54) is 25.7 Å². The van der Waals surface area contributed by atoms with Gasteiger partial charge in [0.25, 0.3) is 0 Å². The van der Waals surface area contributed by atoms with Gasteiger partial charge in [-0.1, -0.05) is 75.5 Å². The first-order chi connectivity index (χ1) is 10.1. The number of nitrogens with two attached hydrogens (primary N) is 1. The van der Waals surface area contributed by atoms with E-state index in [1.807, 2.05) is 24.3 Å². The minimum atomic E-state index is 0.129. The molecule has 1 aromatic carbocycles. The number of hydrogen-bond donors (Lipinski definition) is 2. The Bertz CT molecular complexity index is 443. The maximum absolute atomic E-state index is 11.7. The molecular weight excluding hydrogens is 280 g/mol. The SMILES string of the molecule is CCCCCCCCC(=O)NCc1ccc(C(N)=S)cc1. The van der Waals surface area contributed by atoms with Crippen LogP contribution in [0.4, 0.5) is 0 Å². The fourth-order valence-corrected chi connectivity index (χ4v) is 2.28. The fraction of sp³-hybridized carbons (Fsp3) is 0.529. The molecule has 116 valence electrons. The minimum Gasteiger partial charge on any atom is -0.389 e. The van der Waals surface area contributed by atoms with Crippen molar-refractivity contribution in [3.05, 3.63) is 35.4 Å². The molecule has 0 aliphatic rings. The van der Waals surface area contributed by atoms with E-state index < -0.39 is 0 Å². The van der Waals surface area contributed by atoms with Crippen molar-refractivity contribution < 1.29 is 4.79 Å². The van der Waals surface area contributed by atoms with Crippen LogP contribution in [-0.2, 0) is 11.3 Å². The number of hydrogen-bond acceptors (Lipinski definition) is 2. The number of amides is 1. The lowest BCUT2D eigenvalue weighted by Crippen LogP contribution is -2.22. The molecule has 0 bridgehead atoms. The largest absolute Gasteiger partial charge is 0.389 e. The Hall–Kier alpha value is -1.42. The summed E-state index contributed by atoms with van der Waals surface area (Å²) >= 11 is 4.91. The van der Waals surface area contributed by atoms with E-state index >= 15 is 0 Å². The van der Waals surface area contributed by atoms with Gasteiger partial charge in [-0.05, 0) is 12.0 Å². The minimum absolute atomic E-state index is 0.129. The van der Waals surface area contributed by atoms with Crippen LogP contribution in [0.15, 0.2) is 24.3 Å². The highest BCUT2D eigenvalue weighted by Crippen LogP contribution is 2.07. The predicted molar refractivity (Wildman–Crippen MR) is 92.2 cm³/mol. The number of thiocarbonyl (C=S) groups is 1. The predicted octanol–water partition coefficient (Wildman–Crippen LogP) is 3.69. The van der Waals surface area contributed by atoms with Gasteiger partial charge in [0.2, 0.25) is 5.91 Å². The molecule has 0 unspecified atom stereocenters. The summed E-state index contributed by atoms with van der Waals surface area (Å²) in [7, 11) is 0. The monoisotopic (exact) mass is 306 g/mol. The van der Waals surface area contributed by atoms with Crippen molar-refractivity contribution in [2.75, 3.05) is 0 Å². The first kappa shape index (κ1) is 17.6. The third-order valence-electron chi connectivity index (χ3n) is 3.49. The normalized spacial score (nSPS) is 10.3. The molecule has 3 nitrogen and oxygen atoms in total. The topological polar surface area (TPSA) is 55.1 Å². The molecule has 0 atom stereocenters. The Labute approximate surface area is 133 Å². The van der Waals surface area contributed by atoms with Gasteiger partial charge >= 0.3 is 0 Å². The van der Waals surface area contributed by atoms with Gasteiger partial charge in [0.05, 0.1) is 0 Å². The van der Waals surface area contributed by atoms with E-state index in [9.17, 15) is 4.79 Å². The molecule has 0 saturated carbocycles. The highest BCUT2D eigenvalue weighted by Gasteiger charge is 2.02. The second-order valence-electron chi connectivity index (χ2n) is 5.36. The number of nitrogens with one attached hydrogen (secondary N) is 1. The molecular formula is C17H26N2OS. The zero-order valence-electron chi connectivity index (χ0n) is 12.9. The lowest BCUT2D eigenvalue weighted by molar-refractivity contribution is -0.121. The van der Waals surface area contributed by atoms with E-state index in [0.717, 1.165) is 24.0 Å². The zero-order valence-corrected chi connectivity index (χ0v) is 13.7. The Morgan fingerprint density at radius 2 is 1.71 bits per heavy atom. The zero-order chi connectivity index (χ0) is 15.5. The molecule has 0 fully saturated rings. The Balaban J connectivity index is 2.16. The van der Waals surface area contributed by atoms with Crippen LogP contribution in [0.1, 0.15) is 63.0 Å². The van der Waals surface area contributed by atoms with Crippen LogP contribution < -0.4 is 11.1 Å². The second kappa shape index (κ2) is 10.3. The van der Waals surface area contributed by atoms with Crippen molar-refractivity contribution in [2.24, 2.45) is 5.73 Å². The van der Waals surface area contributed by atoms with Gasteiger partial charge < -0.3 is 11.1 Å². The summed E-state index contributed by atoms with van der Waals surface area (Å²) in [5.74, 6) is 0.129. The lowest BCUT2D eigenvalue weighted by Gasteiger charge is -2.06. The molecule has 0 saturated heterocycles. The van der Waals surface area contributed by atoms with Crippen LogP contribution in [-0.4, -0.2) is 10.9 Å². The molecule has 3 N–H and O–H groups in total. The number of benzene rings is 1. The van der Waals surface area contributed by atoms with Gasteiger partial charge in [-0.3, -0.25) is 4.79 Å². The summed E-state index contributed by atoms with van der Waals surface area (Å²) in [6.07, 6.45) is 7.83. The van der Waals surface area contributed by atoms with Gasteiger partial charge in [0.1, 0.15) is 4.99 Å². The molecule has 0 spiro atoms. The maximum Gasteiger partial charge on any atom is 0.220 e. The number of unbranched alkanes of at least 4 members (excludes halogenated alkanes) is 5. The van der Waals surface area contributed by atoms with Crippen molar-refractivity contribution in [3.8, 4) is 0 Å². The summed E-state index contributed by atoms with van der Waals surface area (Å²) in [5, 5.41) is 2.95. The first-order valence-corrected chi connectivity index (χ1v) is 8.19. The second-order valence-corrected chi connectivity index (χ2v) is 5.80. The van der Waals surface area contributed by atoms with E-state index in [-0.39, 0.29) is 5.91 Å². The highest BCUT2D eigenvalue weighted by molar-refractivity contribution is 7.80. The molecule has 1 aromatic rings. The summed E-state index contributed by atoms with van der Waals surface area (Å²) in [6.45, 7) is 2.77. The number of carbonyl (C=O) groups is 1. The average Bonchev–Trinajstić information content (AvgIpc) is 2.49. The highest BCUT2D eigenvalue weighted by atomic mass is 32.1. The van der Waals surface area contributed by atoms with Crippen LogP contribution in [0.2, 0.25) is 0 Å². The lowest BCUT2D eigenvalue weighted by atomic mass is 10.1. The third kappa shape index (κ3) is 7.81. The summed E-state index contributed by atoms with van der Waals surface area (Å²) in [6, 6.07) is 7.66. The first-order valence-electron chi connectivity index (χ1n) is 7.79. The van der Waals surface area contributed by atoms with Gasteiger partial charge in [-0.15, -0.1) is 0 Å². The molecule has 0 aromatic heterocycles. The Morgan fingerprint density at radius 1 is 1.10 bits per heavy atom. The van der Waals surface area contributed by atoms with Crippen LogP contribution in [0.25, 0.3) is 0 Å². The van der Waals surface area contributed by atoms with Crippen molar-refractivity contribution >= 4 is 23.1 Å². The van der Waals surface area contributed by atoms with Gasteiger partial charge in [-0.25, -0.2) is 0 Å². The smallest absolute Gasteiger partial charge is 0.220 e. The fourth-order valence-electron chi connectivity index (χ4n) is 2.14. The standard InChI is InChI=1S/C17H26N2OS/c1-2-3-4-5-6-7-8-16(20)19-13-14-9-11-15(12-10-14)17(18)21/h9-12H,2-8,13H2,1H3,(H2,18,21)(H,19,20). The molecule has 0 radical (unpaired) electrons. The molecule has 1 rings (SSSR count). The van der Waals surface area contributed by atoms with E-state index in [1.54, 1.807) is 0 Å². The Morgan fingerprint density at radius 3 is 2.33 bits per heavy atom. The van der Waals surface area contributed by atoms with E-state index in [2.05, 4.69) is 12.2 Å². The van der Waals surface area contributed by atoms with Crippen LogP contribution in [0, 0.1) is 0 Å². The summed E-state index contributed by atoms with van der Waals surface area (Å²) in [5.41, 5.74) is 7.46. The van der Waals surface area contributed by atoms with Crippen LogP contribution in [0.3, 0.4) is 0 Å². The number of carbonyl (C=O) groups excluding carboxylic acids is 1. The molecule has 0 heterocycles. The quantitative estimate of drug-likeness (QED) is 0.512. The molecule has 0 aliphatic heterocycles. The third-order valence-corrected chi connectivity index (χ3v) is 3.72. The Kier molecular flexibility index (Phi) is 8.67. The summed E-state index contributed by atoms with van der Waals surface area (Å²) < 4.78 is 0. The molecule has 0 aliphatic carbocycles. The van der Waals surface area contributed by atoms with Gasteiger partial charge in [0, 0.05) is 18.5 Å². The van der Waals surface area contributed by atoms with Crippen LogP contribution >= 0.6 is 12.2 Å². The molecule has 21 heavy (non-hydrogen) atoms. The van der Waals surface area contributed by atoms with Crippen molar-refractivity contribution in [2.45, 2.75) is 58.4 Å². The maximum atomic E-state index is 11.7. The van der Waals surface area contributed by atoms with Crippen LogP contribution in [0.5, 0.6) is 0 Å². The number of rotatable bonds is 10. The van der Waals surface area contributed by atoms with E-state index in [0.29, 0.717) is 18.0 Å².